The quantitative estimate of drug-likeness (QED) is 0.0323. The van der Waals surface area contributed by atoms with E-state index in [9.17, 15) is 75.7 Å². The van der Waals surface area contributed by atoms with Gasteiger partial charge in [-0.3, -0.25) is 9.59 Å². The van der Waals surface area contributed by atoms with Crippen LogP contribution in [-0.2, 0) is 42.8 Å². The number of aliphatic carboxylic acids is 1. The van der Waals surface area contributed by atoms with Crippen molar-refractivity contribution in [3.05, 3.63) is 0 Å². The number of nitrogens with one attached hydrogen (secondary N) is 2. The maximum Gasteiger partial charge on any atom is 0.364 e. The van der Waals surface area contributed by atoms with E-state index in [-0.39, 0.29) is 18.9 Å². The van der Waals surface area contributed by atoms with Gasteiger partial charge in [-0.05, 0) is 12.8 Å². The van der Waals surface area contributed by atoms with E-state index in [0.29, 0.717) is 19.3 Å². The number of unbranched alkanes of at least 4 members (excludes halogenated alkanes) is 32. The average molecular weight is 1270 g/mol. The van der Waals surface area contributed by atoms with Crippen molar-refractivity contribution < 1.29 is 104 Å². The van der Waals surface area contributed by atoms with Gasteiger partial charge in [0.25, 0.3) is 5.79 Å². The first-order valence-electron chi connectivity index (χ1n) is 34.4. The lowest BCUT2D eigenvalue weighted by Gasteiger charge is -2.50. The minimum Gasteiger partial charge on any atom is -0.477 e. The molecular weight excluding hydrogens is 1140 g/mol. The van der Waals surface area contributed by atoms with E-state index >= 15 is 0 Å². The standard InChI is InChI=1S/C65H122N2O21/c1-4-6-8-10-12-14-16-18-20-21-22-23-25-26-28-30-32-34-36-38-47(72)46(67-52(75)39-37-35-33-31-29-27-24-19-17-15-13-11-9-7-5-2)44-83-62-57(79)56(78)59(51(43-70)85-62)86-63-58(80)61(55(77)50(42-69)84-63)88-65(64(81)82)40-48(73)53(66-45(3)71)60(87-65)54(76)49(74)41-68/h46-51,53-63,68-70,72-74,76-80H,4-44H2,1-3H3,(H,66,71)(H,67,75)(H,81,82). The van der Waals surface area contributed by atoms with E-state index in [1.807, 2.05) is 0 Å². The molecule has 18 atom stereocenters. The fourth-order valence-electron chi connectivity index (χ4n) is 12.3. The molecule has 23 heteroatoms. The fourth-order valence-corrected chi connectivity index (χ4v) is 12.3. The first kappa shape index (κ1) is 80.0. The first-order chi connectivity index (χ1) is 42.4. The predicted molar refractivity (Wildman–Crippen MR) is 329 cm³/mol. The summed E-state index contributed by atoms with van der Waals surface area (Å²) in [6.45, 7) is 2.22. The van der Waals surface area contributed by atoms with E-state index < -0.39 is 148 Å². The van der Waals surface area contributed by atoms with Crippen LogP contribution >= 0.6 is 0 Å². The summed E-state index contributed by atoms with van der Waals surface area (Å²) in [5, 5.41) is 136. The molecule has 3 aliphatic rings. The molecule has 3 saturated heterocycles. The molecule has 0 aromatic heterocycles. The van der Waals surface area contributed by atoms with Gasteiger partial charge in [0.1, 0.15) is 67.1 Å². The number of carbonyl (C=O) groups is 3. The second-order valence-corrected chi connectivity index (χ2v) is 25.4. The van der Waals surface area contributed by atoms with Gasteiger partial charge in [-0.25, -0.2) is 4.79 Å². The lowest BCUT2D eigenvalue weighted by atomic mass is 9.88. The van der Waals surface area contributed by atoms with Crippen molar-refractivity contribution in [1.29, 1.82) is 0 Å². The summed E-state index contributed by atoms with van der Waals surface area (Å²) in [6.07, 6.45) is 12.4. The van der Waals surface area contributed by atoms with Crippen LogP contribution in [-0.4, -0.2) is 215 Å². The number of carboxylic acid groups (broad SMARTS) is 1. The van der Waals surface area contributed by atoms with Crippen LogP contribution < -0.4 is 10.6 Å². The SMILES string of the molecule is CCCCCCCCCCCCCCCCCCCCCC(O)C(COC1OC(CO)C(OC2OC(CO)C(O)C(OC3(C(=O)O)CC(O)C(NC(C)=O)C(C(O)C(O)CO)O3)C2O)C(O)C1O)NC(=O)CCCCCCCCCCCCCCCCC. The third kappa shape index (κ3) is 29.4. The summed E-state index contributed by atoms with van der Waals surface area (Å²) in [4.78, 5) is 38.5. The van der Waals surface area contributed by atoms with Gasteiger partial charge in [0.15, 0.2) is 12.6 Å². The smallest absolute Gasteiger partial charge is 0.364 e. The highest BCUT2D eigenvalue weighted by atomic mass is 16.8. The molecule has 518 valence electrons. The van der Waals surface area contributed by atoms with Crippen molar-refractivity contribution in [2.45, 2.75) is 368 Å². The number of hydrogen-bond donors (Lipinski definition) is 14. The zero-order valence-corrected chi connectivity index (χ0v) is 53.8. The minimum absolute atomic E-state index is 0.229. The molecule has 0 spiro atoms. The summed E-state index contributed by atoms with van der Waals surface area (Å²) in [6, 6.07) is -2.52. The molecule has 3 fully saturated rings. The van der Waals surface area contributed by atoms with E-state index in [2.05, 4.69) is 24.5 Å². The van der Waals surface area contributed by atoms with E-state index in [4.69, 9.17) is 28.4 Å². The topological polar surface area (TPSA) is 373 Å². The molecule has 0 bridgehead atoms. The van der Waals surface area contributed by atoms with Crippen LogP contribution in [0.3, 0.4) is 0 Å². The van der Waals surface area contributed by atoms with Crippen molar-refractivity contribution in [1.82, 2.24) is 10.6 Å². The largest absolute Gasteiger partial charge is 0.477 e. The molecule has 0 radical (unpaired) electrons. The molecule has 0 aromatic rings. The maximum absolute atomic E-state index is 13.4. The van der Waals surface area contributed by atoms with Crippen LogP contribution in [0.25, 0.3) is 0 Å². The van der Waals surface area contributed by atoms with Gasteiger partial charge in [0.05, 0.1) is 50.7 Å². The molecule has 0 aromatic carbocycles. The van der Waals surface area contributed by atoms with Crippen molar-refractivity contribution in [2.75, 3.05) is 26.4 Å². The van der Waals surface area contributed by atoms with Gasteiger partial charge in [-0.15, -0.1) is 0 Å². The van der Waals surface area contributed by atoms with Crippen molar-refractivity contribution >= 4 is 17.8 Å². The van der Waals surface area contributed by atoms with E-state index in [0.717, 1.165) is 58.3 Å². The number of hydrogen-bond acceptors (Lipinski definition) is 20. The Bertz CT molecular complexity index is 1790. The Kier molecular flexibility index (Phi) is 42.5. The highest BCUT2D eigenvalue weighted by Crippen LogP contribution is 2.39. The molecular formula is C65H122N2O21. The summed E-state index contributed by atoms with van der Waals surface area (Å²) < 4.78 is 34.8. The van der Waals surface area contributed by atoms with E-state index in [1.54, 1.807) is 0 Å². The molecule has 18 unspecified atom stereocenters. The van der Waals surface area contributed by atoms with Gasteiger partial charge >= 0.3 is 5.97 Å². The summed E-state index contributed by atoms with van der Waals surface area (Å²) in [5.41, 5.74) is 0. The predicted octanol–water partition coefficient (Wildman–Crippen LogP) is 5.73. The van der Waals surface area contributed by atoms with Gasteiger partial charge in [-0.2, -0.15) is 0 Å². The minimum atomic E-state index is -3.08. The molecule has 88 heavy (non-hydrogen) atoms. The van der Waals surface area contributed by atoms with Gasteiger partial charge in [-0.1, -0.05) is 226 Å². The third-order valence-corrected chi connectivity index (χ3v) is 17.8. The van der Waals surface area contributed by atoms with Gasteiger partial charge < -0.3 is 100 Å². The van der Waals surface area contributed by atoms with Crippen molar-refractivity contribution in [3.63, 3.8) is 0 Å². The number of carbonyl (C=O) groups excluding carboxylic acids is 2. The average Bonchev–Trinajstić information content (AvgIpc) is 0.825. The highest BCUT2D eigenvalue weighted by Gasteiger charge is 2.60. The van der Waals surface area contributed by atoms with Crippen LogP contribution in [0.15, 0.2) is 0 Å². The second kappa shape index (κ2) is 46.7. The van der Waals surface area contributed by atoms with Gasteiger partial charge in [0.2, 0.25) is 11.8 Å². The number of carboxylic acids is 1. The lowest BCUT2D eigenvalue weighted by molar-refractivity contribution is -0.386. The lowest BCUT2D eigenvalue weighted by Crippen LogP contribution is -2.70. The Morgan fingerprint density at radius 2 is 0.989 bits per heavy atom. The summed E-state index contributed by atoms with van der Waals surface area (Å²) in [7, 11) is 0. The number of ether oxygens (including phenoxy) is 6. The zero-order chi connectivity index (χ0) is 64.7. The summed E-state index contributed by atoms with van der Waals surface area (Å²) in [5.74, 6) is -6.09. The Hall–Kier alpha value is -2.27. The van der Waals surface area contributed by atoms with Crippen LogP contribution in [0.4, 0.5) is 0 Å². The molecule has 14 N–H and O–H groups in total. The number of aliphatic hydroxyl groups is 11. The third-order valence-electron chi connectivity index (χ3n) is 17.8. The van der Waals surface area contributed by atoms with Gasteiger partial charge in [0, 0.05) is 19.8 Å². The highest BCUT2D eigenvalue weighted by molar-refractivity contribution is 5.77. The normalized spacial score (nSPS) is 28.9. The van der Waals surface area contributed by atoms with Crippen LogP contribution in [0.1, 0.15) is 258 Å². The van der Waals surface area contributed by atoms with Crippen molar-refractivity contribution in [2.24, 2.45) is 0 Å². The molecule has 3 rings (SSSR count). The first-order valence-corrected chi connectivity index (χ1v) is 34.4. The van der Waals surface area contributed by atoms with Crippen LogP contribution in [0, 0.1) is 0 Å². The Labute approximate surface area is 525 Å². The van der Waals surface area contributed by atoms with E-state index in [1.165, 1.54) is 154 Å². The van der Waals surface area contributed by atoms with Crippen LogP contribution in [0.5, 0.6) is 0 Å². The number of aliphatic hydroxyl groups excluding tert-OH is 11. The Morgan fingerprint density at radius 1 is 0.545 bits per heavy atom. The monoisotopic (exact) mass is 1270 g/mol. The number of rotatable bonds is 52. The number of amides is 2. The second-order valence-electron chi connectivity index (χ2n) is 25.4. The molecule has 3 aliphatic heterocycles. The Morgan fingerprint density at radius 3 is 1.42 bits per heavy atom. The van der Waals surface area contributed by atoms with Crippen LogP contribution in [0.2, 0.25) is 0 Å². The molecule has 23 nitrogen and oxygen atoms in total. The molecule has 0 aliphatic carbocycles. The summed E-state index contributed by atoms with van der Waals surface area (Å²) >= 11 is 0. The fraction of sp³-hybridized carbons (Fsp3) is 0.954. The molecule has 0 saturated carbocycles. The molecule has 2 amide bonds. The van der Waals surface area contributed by atoms with Crippen molar-refractivity contribution in [3.8, 4) is 0 Å². The Balaban J connectivity index is 1.60. The zero-order valence-electron chi connectivity index (χ0n) is 53.8. The molecule has 3 heterocycles. The maximum atomic E-state index is 13.4.